The smallest absolute Gasteiger partial charge is 0.341 e. The second-order valence-electron chi connectivity index (χ2n) is 10.8. The Hall–Kier alpha value is -3.77. The molecule has 4 atom stereocenters. The number of carbonyl (C=O) groups is 1. The van der Waals surface area contributed by atoms with Crippen LogP contribution in [0.3, 0.4) is 0 Å². The summed E-state index contributed by atoms with van der Waals surface area (Å²) in [5, 5.41) is 10.7. The molecule has 1 aliphatic rings. The molecular weight excluding hydrogens is 583 g/mol. The number of hydrogen-bond acceptors (Lipinski definition) is 4. The van der Waals surface area contributed by atoms with E-state index in [2.05, 4.69) is 18.7 Å². The molecule has 5 rings (SSSR count). The third-order valence-corrected chi connectivity index (χ3v) is 8.27. The molecule has 0 bridgehead atoms. The molecule has 0 amide bonds. The van der Waals surface area contributed by atoms with Crippen LogP contribution in [0.5, 0.6) is 11.5 Å². The lowest BCUT2D eigenvalue weighted by Gasteiger charge is -2.43. The molecule has 1 fully saturated rings. The summed E-state index contributed by atoms with van der Waals surface area (Å²) >= 11 is 12.4. The number of rotatable bonds is 11. The zero-order valence-electron chi connectivity index (χ0n) is 23.9. The average molecular weight is 618 g/mol. The molecule has 0 spiro atoms. The summed E-state index contributed by atoms with van der Waals surface area (Å²) < 4.78 is 18.9. The number of carboxylic acids is 1. The van der Waals surface area contributed by atoms with Crippen molar-refractivity contribution in [3.63, 3.8) is 0 Å². The predicted octanol–water partition coefficient (Wildman–Crippen LogP) is 9.26. The van der Waals surface area contributed by atoms with Gasteiger partial charge in [0, 0.05) is 39.9 Å². The van der Waals surface area contributed by atoms with E-state index < -0.39 is 18.7 Å². The zero-order valence-corrected chi connectivity index (χ0v) is 25.4. The molecule has 1 N–H and O–H groups in total. The molecule has 4 aromatic carbocycles. The normalized spacial score (nSPS) is 19.9. The molecule has 4 aromatic rings. The van der Waals surface area contributed by atoms with E-state index in [-0.39, 0.29) is 17.9 Å². The molecule has 1 heterocycles. The van der Waals surface area contributed by atoms with Crippen LogP contribution in [0.1, 0.15) is 53.7 Å². The van der Waals surface area contributed by atoms with E-state index in [9.17, 15) is 9.90 Å². The largest absolute Gasteiger partial charge is 0.493 e. The van der Waals surface area contributed by atoms with Crippen molar-refractivity contribution in [1.82, 2.24) is 0 Å². The highest BCUT2D eigenvalue weighted by Gasteiger charge is 2.41. The Labute approximate surface area is 262 Å². The Bertz CT molecular complexity index is 1550. The van der Waals surface area contributed by atoms with E-state index in [4.69, 9.17) is 37.4 Å². The number of ether oxygens (including phenoxy) is 3. The van der Waals surface area contributed by atoms with Crippen molar-refractivity contribution < 1.29 is 24.1 Å². The minimum atomic E-state index is -1.07. The SMILES string of the molecule is C=C(C)[C@H]1C[C@@H](c2ccccc2)[C@H](c2cccc(Cl)c2)O[C@@H]1c1ccc(OCCc2ccc(Cl)cc2)cc1OCC(=O)O. The van der Waals surface area contributed by atoms with Gasteiger partial charge in [-0.25, -0.2) is 4.79 Å². The monoisotopic (exact) mass is 616 g/mol. The maximum absolute atomic E-state index is 11.5. The molecule has 0 saturated carbocycles. The molecule has 7 heteroatoms. The lowest BCUT2D eigenvalue weighted by Crippen LogP contribution is -2.32. The van der Waals surface area contributed by atoms with Gasteiger partial charge in [0.1, 0.15) is 11.5 Å². The first-order chi connectivity index (χ1) is 20.8. The second-order valence-corrected chi connectivity index (χ2v) is 11.7. The van der Waals surface area contributed by atoms with Gasteiger partial charge in [-0.1, -0.05) is 90.0 Å². The van der Waals surface area contributed by atoms with Crippen molar-refractivity contribution in [3.8, 4) is 11.5 Å². The molecule has 0 aromatic heterocycles. The Morgan fingerprint density at radius 1 is 0.884 bits per heavy atom. The molecule has 0 unspecified atom stereocenters. The third kappa shape index (κ3) is 7.80. The molecule has 0 radical (unpaired) electrons. The Morgan fingerprint density at radius 2 is 1.63 bits per heavy atom. The third-order valence-electron chi connectivity index (χ3n) is 7.79. The summed E-state index contributed by atoms with van der Waals surface area (Å²) in [6.45, 7) is 6.27. The topological polar surface area (TPSA) is 65.0 Å². The quantitative estimate of drug-likeness (QED) is 0.170. The fraction of sp³-hybridized carbons (Fsp3) is 0.250. The van der Waals surface area contributed by atoms with Crippen molar-refractivity contribution in [2.75, 3.05) is 13.2 Å². The second kappa shape index (κ2) is 14.1. The minimum Gasteiger partial charge on any atom is -0.493 e. The minimum absolute atomic E-state index is 0.0514. The number of hydrogen-bond donors (Lipinski definition) is 1. The van der Waals surface area contributed by atoms with Crippen LogP contribution >= 0.6 is 23.2 Å². The van der Waals surface area contributed by atoms with Gasteiger partial charge in [0.2, 0.25) is 0 Å². The first kappa shape index (κ1) is 30.7. The lowest BCUT2D eigenvalue weighted by molar-refractivity contribution is -0.139. The van der Waals surface area contributed by atoms with Crippen molar-refractivity contribution >= 4 is 29.2 Å². The zero-order chi connectivity index (χ0) is 30.3. The van der Waals surface area contributed by atoms with Gasteiger partial charge < -0.3 is 19.3 Å². The van der Waals surface area contributed by atoms with E-state index in [1.807, 2.05) is 85.8 Å². The summed E-state index contributed by atoms with van der Waals surface area (Å²) in [5.41, 5.74) is 4.97. The van der Waals surface area contributed by atoms with Crippen LogP contribution in [0, 0.1) is 5.92 Å². The summed E-state index contributed by atoms with van der Waals surface area (Å²) in [7, 11) is 0. The van der Waals surface area contributed by atoms with E-state index in [0.29, 0.717) is 34.6 Å². The lowest BCUT2D eigenvalue weighted by atomic mass is 9.74. The molecular formula is C36H34Cl2O5. The van der Waals surface area contributed by atoms with Gasteiger partial charge in [-0.05, 0) is 66.4 Å². The highest BCUT2D eigenvalue weighted by molar-refractivity contribution is 6.30. The van der Waals surface area contributed by atoms with Gasteiger partial charge >= 0.3 is 5.97 Å². The first-order valence-electron chi connectivity index (χ1n) is 14.3. The molecule has 222 valence electrons. The van der Waals surface area contributed by atoms with Crippen molar-refractivity contribution in [2.24, 2.45) is 5.92 Å². The molecule has 5 nitrogen and oxygen atoms in total. The summed E-state index contributed by atoms with van der Waals surface area (Å²) in [5.74, 6) is -0.0806. The Balaban J connectivity index is 1.47. The van der Waals surface area contributed by atoms with Crippen LogP contribution in [0.2, 0.25) is 10.0 Å². The van der Waals surface area contributed by atoms with E-state index in [1.54, 1.807) is 6.07 Å². The molecule has 43 heavy (non-hydrogen) atoms. The standard InChI is InChI=1S/C36H34Cl2O5/c1-23(2)31-21-32(25-7-4-3-5-8-25)35(26-9-6-10-28(38)19-26)43-36(31)30-16-15-29(20-33(30)42-22-34(39)40)41-18-17-24-11-13-27(37)14-12-24/h3-16,19-20,31-32,35-36H,1,17-18,21-22H2,2H3,(H,39,40)/t31-,32+,35+,36-/m1/s1. The fourth-order valence-electron chi connectivity index (χ4n) is 5.67. The number of benzene rings is 4. The van der Waals surface area contributed by atoms with Crippen LogP contribution < -0.4 is 9.47 Å². The molecule has 1 aliphatic heterocycles. The van der Waals surface area contributed by atoms with Crippen LogP contribution in [-0.2, 0) is 16.0 Å². The Kier molecular flexibility index (Phi) is 10.1. The van der Waals surface area contributed by atoms with Crippen LogP contribution in [-0.4, -0.2) is 24.3 Å². The van der Waals surface area contributed by atoms with E-state index in [0.717, 1.165) is 28.7 Å². The average Bonchev–Trinajstić information content (AvgIpc) is 3.01. The predicted molar refractivity (Wildman–Crippen MR) is 170 cm³/mol. The van der Waals surface area contributed by atoms with Crippen LogP contribution in [0.15, 0.2) is 109 Å². The van der Waals surface area contributed by atoms with Crippen molar-refractivity contribution in [2.45, 2.75) is 37.9 Å². The summed E-state index contributed by atoms with van der Waals surface area (Å²) in [4.78, 5) is 11.5. The first-order valence-corrected chi connectivity index (χ1v) is 15.0. The van der Waals surface area contributed by atoms with Gasteiger partial charge in [-0.3, -0.25) is 0 Å². The van der Waals surface area contributed by atoms with Gasteiger partial charge in [0.25, 0.3) is 0 Å². The molecule has 1 saturated heterocycles. The highest BCUT2D eigenvalue weighted by atomic mass is 35.5. The number of aliphatic carboxylic acids is 1. The van der Waals surface area contributed by atoms with Gasteiger partial charge in [0.15, 0.2) is 6.61 Å². The summed E-state index contributed by atoms with van der Waals surface area (Å²) in [6.07, 6.45) is 0.729. The highest BCUT2D eigenvalue weighted by Crippen LogP contribution is 2.53. The fourth-order valence-corrected chi connectivity index (χ4v) is 5.99. The van der Waals surface area contributed by atoms with Crippen LogP contribution in [0.25, 0.3) is 0 Å². The van der Waals surface area contributed by atoms with Gasteiger partial charge in [-0.2, -0.15) is 0 Å². The maximum atomic E-state index is 11.5. The van der Waals surface area contributed by atoms with Crippen molar-refractivity contribution in [3.05, 3.63) is 142 Å². The van der Waals surface area contributed by atoms with E-state index in [1.165, 1.54) is 5.56 Å². The van der Waals surface area contributed by atoms with Crippen LogP contribution in [0.4, 0.5) is 0 Å². The Morgan fingerprint density at radius 3 is 2.33 bits per heavy atom. The van der Waals surface area contributed by atoms with Gasteiger partial charge in [0.05, 0.1) is 18.8 Å². The van der Waals surface area contributed by atoms with Crippen molar-refractivity contribution in [1.29, 1.82) is 0 Å². The molecule has 0 aliphatic carbocycles. The number of carboxylic acid groups (broad SMARTS) is 1. The van der Waals surface area contributed by atoms with E-state index >= 15 is 0 Å². The maximum Gasteiger partial charge on any atom is 0.341 e. The number of halogens is 2. The summed E-state index contributed by atoms with van der Waals surface area (Å²) in [6, 6.07) is 31.3. The van der Waals surface area contributed by atoms with Gasteiger partial charge in [-0.15, -0.1) is 0 Å².